The Balaban J connectivity index is 1.71. The van der Waals surface area contributed by atoms with Crippen molar-refractivity contribution in [1.82, 2.24) is 10.0 Å². The molecule has 0 saturated carbocycles. The molecule has 1 amide bonds. The molecule has 1 aliphatic rings. The Labute approximate surface area is 171 Å². The number of benzene rings is 2. The van der Waals surface area contributed by atoms with Gasteiger partial charge in [-0.1, -0.05) is 6.92 Å². The van der Waals surface area contributed by atoms with Crippen LogP contribution in [0.25, 0.3) is 0 Å². The second kappa shape index (κ2) is 8.84. The maximum Gasteiger partial charge on any atom is 0.251 e. The zero-order chi connectivity index (χ0) is 21.0. The fourth-order valence-electron chi connectivity index (χ4n) is 3.25. The van der Waals surface area contributed by atoms with E-state index in [1.165, 1.54) is 24.3 Å². The molecule has 3 rings (SSSR count). The van der Waals surface area contributed by atoms with Gasteiger partial charge in [-0.25, -0.2) is 13.1 Å². The summed E-state index contributed by atoms with van der Waals surface area (Å²) in [6.45, 7) is 6.74. The Morgan fingerprint density at radius 2 is 1.93 bits per heavy atom. The van der Waals surface area contributed by atoms with Gasteiger partial charge < -0.3 is 14.8 Å². The van der Waals surface area contributed by atoms with Crippen molar-refractivity contribution >= 4 is 15.9 Å². The summed E-state index contributed by atoms with van der Waals surface area (Å²) in [6, 6.07) is 9.72. The summed E-state index contributed by atoms with van der Waals surface area (Å²) < 4.78 is 38.0. The van der Waals surface area contributed by atoms with E-state index < -0.39 is 10.0 Å². The van der Waals surface area contributed by atoms with Crippen LogP contribution >= 0.6 is 0 Å². The molecule has 0 aliphatic carbocycles. The van der Waals surface area contributed by atoms with E-state index in [1.54, 1.807) is 6.92 Å². The molecule has 0 spiro atoms. The second-order valence-electron chi connectivity index (χ2n) is 6.84. The number of hydrogen-bond acceptors (Lipinski definition) is 5. The number of ether oxygens (including phenoxy) is 2. The fraction of sp³-hybridized carbons (Fsp3) is 0.381. The van der Waals surface area contributed by atoms with Gasteiger partial charge in [-0.2, -0.15) is 0 Å². The van der Waals surface area contributed by atoms with Gasteiger partial charge in [0.15, 0.2) is 0 Å². The Morgan fingerprint density at radius 3 is 2.59 bits per heavy atom. The average molecular weight is 419 g/mol. The summed E-state index contributed by atoms with van der Waals surface area (Å²) in [6.07, 6.45) is 0.964. The van der Waals surface area contributed by atoms with E-state index in [2.05, 4.69) is 10.0 Å². The smallest absolute Gasteiger partial charge is 0.251 e. The van der Waals surface area contributed by atoms with Crippen LogP contribution in [0, 0.1) is 0 Å². The number of amides is 1. The lowest BCUT2D eigenvalue weighted by Crippen LogP contribution is -2.24. The molecule has 8 heteroatoms. The van der Waals surface area contributed by atoms with Gasteiger partial charge in [0.05, 0.1) is 11.5 Å². The lowest BCUT2D eigenvalue weighted by molar-refractivity contribution is 0.0950. The molecule has 1 atom stereocenters. The van der Waals surface area contributed by atoms with Crippen LogP contribution in [0.2, 0.25) is 0 Å². The molecule has 0 saturated heterocycles. The maximum atomic E-state index is 12.5. The minimum absolute atomic E-state index is 0.124. The molecule has 2 aromatic carbocycles. The number of sulfonamides is 1. The van der Waals surface area contributed by atoms with Crippen LogP contribution in [0.3, 0.4) is 0 Å². The molecular formula is C21H26N2O5S. The van der Waals surface area contributed by atoms with Crippen molar-refractivity contribution in [2.24, 2.45) is 0 Å². The number of hydrogen-bond donors (Lipinski definition) is 2. The highest BCUT2D eigenvalue weighted by Crippen LogP contribution is 2.35. The number of rotatable bonds is 8. The minimum Gasteiger partial charge on any atom is -0.494 e. The molecule has 1 aliphatic heterocycles. The topological polar surface area (TPSA) is 93.7 Å². The van der Waals surface area contributed by atoms with Gasteiger partial charge in [-0.3, -0.25) is 4.79 Å². The number of carbonyl (C=O) groups excluding carboxylic acids is 1. The number of nitrogens with one attached hydrogen (secondary N) is 2. The molecule has 1 heterocycles. The third-order valence-corrected chi connectivity index (χ3v) is 6.14. The van der Waals surface area contributed by atoms with E-state index in [4.69, 9.17) is 9.47 Å². The summed E-state index contributed by atoms with van der Waals surface area (Å²) in [5.41, 5.74) is 2.32. The maximum absolute atomic E-state index is 12.5. The monoisotopic (exact) mass is 418 g/mol. The molecule has 0 fully saturated rings. The molecule has 0 radical (unpaired) electrons. The highest BCUT2D eigenvalue weighted by atomic mass is 32.2. The third kappa shape index (κ3) is 4.89. The minimum atomic E-state index is -3.54. The molecule has 2 N–H and O–H groups in total. The van der Waals surface area contributed by atoms with Crippen molar-refractivity contribution in [2.75, 3.05) is 13.2 Å². The lowest BCUT2D eigenvalue weighted by atomic mass is 10.1. The van der Waals surface area contributed by atoms with E-state index in [0.717, 1.165) is 29.0 Å². The quantitative estimate of drug-likeness (QED) is 0.687. The van der Waals surface area contributed by atoms with E-state index >= 15 is 0 Å². The first-order chi connectivity index (χ1) is 13.8. The first-order valence-corrected chi connectivity index (χ1v) is 11.2. The highest BCUT2D eigenvalue weighted by molar-refractivity contribution is 7.89. The van der Waals surface area contributed by atoms with Crippen molar-refractivity contribution in [3.05, 3.63) is 53.1 Å². The zero-order valence-electron chi connectivity index (χ0n) is 16.8. The number of fused-ring (bicyclic) bond motifs is 1. The summed E-state index contributed by atoms with van der Waals surface area (Å²) >= 11 is 0. The van der Waals surface area contributed by atoms with Crippen molar-refractivity contribution in [1.29, 1.82) is 0 Å². The predicted molar refractivity (Wildman–Crippen MR) is 110 cm³/mol. The zero-order valence-corrected chi connectivity index (χ0v) is 17.6. The van der Waals surface area contributed by atoms with Crippen LogP contribution in [-0.2, 0) is 23.0 Å². The molecule has 156 valence electrons. The van der Waals surface area contributed by atoms with Crippen molar-refractivity contribution < 1.29 is 22.7 Å². The second-order valence-corrected chi connectivity index (χ2v) is 8.61. The molecule has 7 nitrogen and oxygen atoms in total. The Bertz CT molecular complexity index is 987. The highest BCUT2D eigenvalue weighted by Gasteiger charge is 2.22. The van der Waals surface area contributed by atoms with Gasteiger partial charge >= 0.3 is 0 Å². The van der Waals surface area contributed by atoms with E-state index in [-0.39, 0.29) is 23.5 Å². The van der Waals surface area contributed by atoms with E-state index in [0.29, 0.717) is 18.7 Å². The molecule has 0 bridgehead atoms. The Morgan fingerprint density at radius 1 is 1.21 bits per heavy atom. The fourth-order valence-corrected chi connectivity index (χ4v) is 4.29. The molecular weight excluding hydrogens is 392 g/mol. The van der Waals surface area contributed by atoms with Gasteiger partial charge in [0, 0.05) is 36.2 Å². The largest absolute Gasteiger partial charge is 0.494 e. The van der Waals surface area contributed by atoms with Crippen LogP contribution < -0.4 is 19.5 Å². The number of carbonyl (C=O) groups is 1. The first kappa shape index (κ1) is 21.1. The molecule has 2 aromatic rings. The van der Waals surface area contributed by atoms with Gasteiger partial charge in [-0.05, 0) is 50.2 Å². The van der Waals surface area contributed by atoms with Crippen molar-refractivity contribution in [2.45, 2.75) is 44.7 Å². The normalized spacial score (nSPS) is 15.5. The third-order valence-electron chi connectivity index (χ3n) is 4.58. The van der Waals surface area contributed by atoms with Gasteiger partial charge in [0.25, 0.3) is 5.91 Å². The lowest BCUT2D eigenvalue weighted by Gasteiger charge is -2.13. The molecule has 0 aromatic heterocycles. The van der Waals surface area contributed by atoms with E-state index in [1.807, 2.05) is 26.0 Å². The standard InChI is InChI=1S/C21H26N2O5S/c1-4-23-29(25,26)18-8-6-15(7-9-18)21(24)22-13-17-12-20-16(10-14(3)28-20)11-19(17)27-5-2/h6-9,11-12,14,23H,4-5,10,13H2,1-3H3,(H,22,24)/t14-/m1/s1. The summed E-state index contributed by atoms with van der Waals surface area (Å²) in [7, 11) is -3.54. The van der Waals surface area contributed by atoms with Gasteiger partial charge in [0.2, 0.25) is 10.0 Å². The SMILES string of the molecule is CCNS(=O)(=O)c1ccc(C(=O)NCc2cc3c(cc2OCC)C[C@@H](C)O3)cc1. The van der Waals surface area contributed by atoms with Crippen LogP contribution in [0.15, 0.2) is 41.3 Å². The molecule has 0 unspecified atom stereocenters. The van der Waals surface area contributed by atoms with Crippen LogP contribution in [0.5, 0.6) is 11.5 Å². The summed E-state index contributed by atoms with van der Waals surface area (Å²) in [5, 5.41) is 2.86. The first-order valence-electron chi connectivity index (χ1n) is 9.67. The summed E-state index contributed by atoms with van der Waals surface area (Å²) in [4.78, 5) is 12.6. The summed E-state index contributed by atoms with van der Waals surface area (Å²) in [5.74, 6) is 1.26. The molecule has 29 heavy (non-hydrogen) atoms. The Kier molecular flexibility index (Phi) is 6.44. The van der Waals surface area contributed by atoms with Crippen LogP contribution in [0.1, 0.15) is 42.3 Å². The van der Waals surface area contributed by atoms with Gasteiger partial charge in [-0.15, -0.1) is 0 Å². The van der Waals surface area contributed by atoms with Crippen molar-refractivity contribution in [3.63, 3.8) is 0 Å². The van der Waals surface area contributed by atoms with Gasteiger partial charge in [0.1, 0.15) is 17.6 Å². The predicted octanol–water partition coefficient (Wildman–Crippen LogP) is 2.64. The van der Waals surface area contributed by atoms with Crippen LogP contribution in [0.4, 0.5) is 0 Å². The van der Waals surface area contributed by atoms with Crippen molar-refractivity contribution in [3.8, 4) is 11.5 Å². The Hall–Kier alpha value is -2.58. The average Bonchev–Trinajstić information content (AvgIpc) is 3.05. The van der Waals surface area contributed by atoms with E-state index in [9.17, 15) is 13.2 Å². The van der Waals surface area contributed by atoms with Crippen LogP contribution in [-0.4, -0.2) is 33.6 Å².